The Morgan fingerprint density at radius 3 is 2.53 bits per heavy atom. The summed E-state index contributed by atoms with van der Waals surface area (Å²) in [6.07, 6.45) is 0.251. The first-order valence-corrected chi connectivity index (χ1v) is 10.7. The Labute approximate surface area is 181 Å². The van der Waals surface area contributed by atoms with E-state index in [9.17, 15) is 4.79 Å². The summed E-state index contributed by atoms with van der Waals surface area (Å²) in [6, 6.07) is 15.7. The Bertz CT molecular complexity index is 1080. The summed E-state index contributed by atoms with van der Waals surface area (Å²) < 4.78 is 5.49. The van der Waals surface area contributed by atoms with Gasteiger partial charge in [0.25, 0.3) is 5.91 Å². The molecule has 1 heterocycles. The van der Waals surface area contributed by atoms with E-state index in [1.807, 2.05) is 38.1 Å². The Balaban J connectivity index is 1.94. The maximum Gasteiger partial charge on any atom is 0.270 e. The van der Waals surface area contributed by atoms with Crippen LogP contribution in [-0.4, -0.2) is 24.0 Å². The topological polar surface area (TPSA) is 66.2 Å². The van der Waals surface area contributed by atoms with Crippen molar-refractivity contribution in [2.75, 3.05) is 18.1 Å². The van der Waals surface area contributed by atoms with Crippen molar-refractivity contribution in [3.8, 4) is 22.4 Å². The Kier molecular flexibility index (Phi) is 6.86. The Morgan fingerprint density at radius 2 is 1.90 bits per heavy atom. The van der Waals surface area contributed by atoms with Crippen LogP contribution in [-0.2, 0) is 0 Å². The quantitative estimate of drug-likeness (QED) is 0.493. The van der Waals surface area contributed by atoms with Gasteiger partial charge >= 0.3 is 0 Å². The van der Waals surface area contributed by atoms with Gasteiger partial charge in [-0.15, -0.1) is 11.3 Å². The van der Waals surface area contributed by atoms with Crippen LogP contribution in [0, 0.1) is 32.1 Å². The molecule has 0 spiro atoms. The minimum absolute atomic E-state index is 0.138. The van der Waals surface area contributed by atoms with Crippen LogP contribution < -0.4 is 9.64 Å². The third-order valence-electron chi connectivity index (χ3n) is 4.75. The number of amides is 1. The van der Waals surface area contributed by atoms with Gasteiger partial charge in [-0.3, -0.25) is 4.79 Å². The van der Waals surface area contributed by atoms with E-state index in [1.54, 1.807) is 4.90 Å². The van der Waals surface area contributed by atoms with Gasteiger partial charge in [-0.1, -0.05) is 23.8 Å². The van der Waals surface area contributed by atoms with E-state index in [-0.39, 0.29) is 12.3 Å². The summed E-state index contributed by atoms with van der Waals surface area (Å²) in [5, 5.41) is 9.90. The number of ether oxygens (including phenoxy) is 1. The number of thiazole rings is 1. The van der Waals surface area contributed by atoms with Gasteiger partial charge in [0.2, 0.25) is 0 Å². The molecular formula is C24H25N3O2S. The van der Waals surface area contributed by atoms with Crippen LogP contribution in [0.4, 0.5) is 5.69 Å². The van der Waals surface area contributed by atoms with Crippen LogP contribution in [0.1, 0.15) is 39.8 Å². The number of nitrogens with zero attached hydrogens (tertiary/aromatic N) is 3. The third kappa shape index (κ3) is 4.69. The summed E-state index contributed by atoms with van der Waals surface area (Å²) in [4.78, 5) is 20.3. The summed E-state index contributed by atoms with van der Waals surface area (Å²) in [5.74, 6) is 0.612. The fourth-order valence-corrected chi connectivity index (χ4v) is 4.39. The van der Waals surface area contributed by atoms with Crippen LogP contribution in [0.15, 0.2) is 42.5 Å². The first kappa shape index (κ1) is 21.5. The van der Waals surface area contributed by atoms with Gasteiger partial charge in [0.15, 0.2) is 0 Å². The predicted molar refractivity (Wildman–Crippen MR) is 121 cm³/mol. The molecular weight excluding hydrogens is 394 g/mol. The highest BCUT2D eigenvalue weighted by molar-refractivity contribution is 7.17. The van der Waals surface area contributed by atoms with Gasteiger partial charge < -0.3 is 9.64 Å². The largest absolute Gasteiger partial charge is 0.494 e. The van der Waals surface area contributed by atoms with E-state index >= 15 is 0 Å². The van der Waals surface area contributed by atoms with Crippen molar-refractivity contribution in [1.82, 2.24) is 4.98 Å². The van der Waals surface area contributed by atoms with E-state index in [1.165, 1.54) is 16.9 Å². The maximum atomic E-state index is 13.4. The molecule has 30 heavy (non-hydrogen) atoms. The molecule has 1 amide bonds. The van der Waals surface area contributed by atoms with Crippen molar-refractivity contribution in [3.05, 3.63) is 64.2 Å². The van der Waals surface area contributed by atoms with Crippen LogP contribution in [0.5, 0.6) is 5.75 Å². The molecule has 3 aromatic rings. The SMILES string of the molecule is CCOc1ccc(N(CCC#N)C(=O)c2sc(-c3ccc(C)cc3C)nc2C)cc1. The van der Waals surface area contributed by atoms with Gasteiger partial charge in [-0.25, -0.2) is 4.98 Å². The molecule has 0 unspecified atom stereocenters. The third-order valence-corrected chi connectivity index (χ3v) is 5.93. The molecule has 0 N–H and O–H groups in total. The lowest BCUT2D eigenvalue weighted by atomic mass is 10.1. The number of rotatable bonds is 7. The van der Waals surface area contributed by atoms with E-state index in [2.05, 4.69) is 43.1 Å². The molecule has 0 fully saturated rings. The molecule has 154 valence electrons. The highest BCUT2D eigenvalue weighted by Gasteiger charge is 2.23. The molecule has 0 atom stereocenters. The van der Waals surface area contributed by atoms with Crippen molar-refractivity contribution in [2.45, 2.75) is 34.1 Å². The van der Waals surface area contributed by atoms with Crippen molar-refractivity contribution in [2.24, 2.45) is 0 Å². The number of nitriles is 1. The zero-order valence-electron chi connectivity index (χ0n) is 17.7. The van der Waals surface area contributed by atoms with Crippen LogP contribution >= 0.6 is 11.3 Å². The lowest BCUT2D eigenvalue weighted by molar-refractivity contribution is 0.0990. The summed E-state index contributed by atoms with van der Waals surface area (Å²) in [6.45, 7) is 8.80. The molecule has 0 saturated heterocycles. The van der Waals surface area contributed by atoms with E-state index in [4.69, 9.17) is 10.00 Å². The number of anilines is 1. The van der Waals surface area contributed by atoms with Crippen LogP contribution in [0.3, 0.4) is 0 Å². The maximum absolute atomic E-state index is 13.4. The monoisotopic (exact) mass is 419 g/mol. The number of carbonyl (C=O) groups excluding carboxylic acids is 1. The Morgan fingerprint density at radius 1 is 1.17 bits per heavy atom. The van der Waals surface area contributed by atoms with Crippen LogP contribution in [0.2, 0.25) is 0 Å². The smallest absolute Gasteiger partial charge is 0.270 e. The molecule has 0 aliphatic carbocycles. The minimum atomic E-state index is -0.138. The van der Waals surface area contributed by atoms with Gasteiger partial charge in [-0.05, 0) is 57.5 Å². The highest BCUT2D eigenvalue weighted by atomic mass is 32.1. The predicted octanol–water partition coefficient (Wildman–Crippen LogP) is 5.69. The summed E-state index contributed by atoms with van der Waals surface area (Å²) in [7, 11) is 0. The number of benzene rings is 2. The molecule has 0 radical (unpaired) electrons. The molecule has 5 nitrogen and oxygen atoms in total. The first-order valence-electron chi connectivity index (χ1n) is 9.91. The molecule has 0 aliphatic heterocycles. The van der Waals surface area contributed by atoms with Gasteiger partial charge in [0, 0.05) is 17.8 Å². The minimum Gasteiger partial charge on any atom is -0.494 e. The average molecular weight is 420 g/mol. The van der Waals surface area contributed by atoms with Crippen molar-refractivity contribution in [3.63, 3.8) is 0 Å². The van der Waals surface area contributed by atoms with Crippen molar-refractivity contribution in [1.29, 1.82) is 5.26 Å². The van der Waals surface area contributed by atoms with Gasteiger partial charge in [-0.2, -0.15) is 5.26 Å². The number of hydrogen-bond acceptors (Lipinski definition) is 5. The number of hydrogen-bond donors (Lipinski definition) is 0. The zero-order valence-corrected chi connectivity index (χ0v) is 18.5. The van der Waals surface area contributed by atoms with E-state index in [0.717, 1.165) is 27.6 Å². The standard InChI is InChI=1S/C24H25N3O2S/c1-5-29-20-10-8-19(9-11-20)27(14-6-13-25)24(28)22-18(4)26-23(30-22)21-12-7-16(2)15-17(21)3/h7-12,15H,5-6,14H2,1-4H3. The second-order valence-electron chi connectivity index (χ2n) is 7.04. The molecule has 1 aromatic heterocycles. The van der Waals surface area contributed by atoms with Crippen molar-refractivity contribution < 1.29 is 9.53 Å². The molecule has 0 aliphatic rings. The van der Waals surface area contributed by atoms with Gasteiger partial charge in [0.05, 0.1) is 24.8 Å². The van der Waals surface area contributed by atoms with E-state index in [0.29, 0.717) is 23.7 Å². The molecule has 6 heteroatoms. The highest BCUT2D eigenvalue weighted by Crippen LogP contribution is 2.32. The normalized spacial score (nSPS) is 10.5. The second kappa shape index (κ2) is 9.55. The van der Waals surface area contributed by atoms with Crippen molar-refractivity contribution >= 4 is 22.9 Å². The number of aromatic nitrogens is 1. The summed E-state index contributed by atoms with van der Waals surface area (Å²) in [5.41, 5.74) is 4.81. The van der Waals surface area contributed by atoms with E-state index < -0.39 is 0 Å². The molecule has 0 saturated carbocycles. The summed E-state index contributed by atoms with van der Waals surface area (Å²) >= 11 is 1.40. The number of aryl methyl sites for hydroxylation is 3. The number of carbonyl (C=O) groups is 1. The van der Waals surface area contributed by atoms with Gasteiger partial charge in [0.1, 0.15) is 15.6 Å². The molecule has 2 aromatic carbocycles. The fraction of sp³-hybridized carbons (Fsp3) is 0.292. The lowest BCUT2D eigenvalue weighted by Crippen LogP contribution is -2.31. The van der Waals surface area contributed by atoms with Crippen LogP contribution in [0.25, 0.3) is 10.6 Å². The lowest BCUT2D eigenvalue weighted by Gasteiger charge is -2.21. The molecule has 3 rings (SSSR count). The Hall–Kier alpha value is -3.17. The fourth-order valence-electron chi connectivity index (χ4n) is 3.28. The second-order valence-corrected chi connectivity index (χ2v) is 8.04. The molecule has 0 bridgehead atoms. The first-order chi connectivity index (χ1) is 14.4. The average Bonchev–Trinajstić information content (AvgIpc) is 3.10. The zero-order chi connectivity index (χ0) is 21.7.